The van der Waals surface area contributed by atoms with Crippen molar-refractivity contribution in [3.8, 4) is 5.75 Å². The molecule has 2 aromatic rings. The summed E-state index contributed by atoms with van der Waals surface area (Å²) in [7, 11) is 0. The second-order valence-electron chi connectivity index (χ2n) is 4.10. The van der Waals surface area contributed by atoms with Gasteiger partial charge in [0.1, 0.15) is 11.2 Å². The Morgan fingerprint density at radius 2 is 2.10 bits per heavy atom. The molecule has 20 heavy (non-hydrogen) atoms. The highest BCUT2D eigenvalue weighted by Crippen LogP contribution is 2.26. The van der Waals surface area contributed by atoms with Crippen LogP contribution in [-0.4, -0.2) is 28.0 Å². The number of halogens is 3. The third-order valence-corrected chi connectivity index (χ3v) is 2.58. The first-order chi connectivity index (χ1) is 9.29. The van der Waals surface area contributed by atoms with Crippen LogP contribution in [-0.2, 0) is 4.74 Å². The van der Waals surface area contributed by atoms with Crippen LogP contribution in [0.5, 0.6) is 5.75 Å². The molecule has 8 heteroatoms. The lowest BCUT2D eigenvalue weighted by Crippen LogP contribution is -2.32. The van der Waals surface area contributed by atoms with Crippen LogP contribution < -0.4 is 4.74 Å². The number of carbonyl (C=O) groups excluding carboxylic acids is 1. The van der Waals surface area contributed by atoms with Gasteiger partial charge in [0.05, 0.1) is 0 Å². The molecule has 0 spiro atoms. The number of rotatable bonds is 2. The fourth-order valence-corrected chi connectivity index (χ4v) is 1.54. The normalized spacial score (nSPS) is 13.2. The molecule has 0 bridgehead atoms. The number of ether oxygens (including phenoxy) is 2. The number of fused-ring (bicyclic) bond motifs is 1. The lowest BCUT2D eigenvalue weighted by atomic mass is 10.3. The summed E-state index contributed by atoms with van der Waals surface area (Å²) >= 11 is 0. The minimum Gasteiger partial charge on any atom is -0.421 e. The van der Waals surface area contributed by atoms with Gasteiger partial charge in [-0.25, -0.2) is 9.31 Å². The van der Waals surface area contributed by atoms with Gasteiger partial charge >= 0.3 is 12.3 Å². The van der Waals surface area contributed by atoms with Crippen LogP contribution in [0.4, 0.5) is 18.0 Å². The minimum atomic E-state index is -4.63. The first-order valence-corrected chi connectivity index (χ1v) is 5.68. The molecule has 108 valence electrons. The van der Waals surface area contributed by atoms with Crippen LogP contribution in [0.1, 0.15) is 12.6 Å². The third kappa shape index (κ3) is 2.84. The largest absolute Gasteiger partial charge is 0.514 e. The lowest BCUT2D eigenvalue weighted by Gasteiger charge is -2.15. The number of carbonyl (C=O) groups is 1. The van der Waals surface area contributed by atoms with E-state index in [1.54, 1.807) is 31.3 Å². The smallest absolute Gasteiger partial charge is 0.421 e. The van der Waals surface area contributed by atoms with Crippen molar-refractivity contribution in [2.75, 3.05) is 0 Å². The van der Waals surface area contributed by atoms with E-state index in [4.69, 9.17) is 4.74 Å². The van der Waals surface area contributed by atoms with Gasteiger partial charge < -0.3 is 9.47 Å². The molecule has 0 aliphatic heterocycles. The molecule has 1 unspecified atom stereocenters. The van der Waals surface area contributed by atoms with Crippen molar-refractivity contribution in [1.82, 2.24) is 9.61 Å². The van der Waals surface area contributed by atoms with E-state index in [1.165, 1.54) is 4.52 Å². The summed E-state index contributed by atoms with van der Waals surface area (Å²) in [5, 5.41) is 4.06. The van der Waals surface area contributed by atoms with Gasteiger partial charge in [-0.2, -0.15) is 18.3 Å². The molecule has 0 amide bonds. The molecular formula is C12H11F3N2O3. The summed E-state index contributed by atoms with van der Waals surface area (Å²) in [5.41, 5.74) is 0.828. The van der Waals surface area contributed by atoms with Gasteiger partial charge in [0.2, 0.25) is 0 Å². The monoisotopic (exact) mass is 288 g/mol. The van der Waals surface area contributed by atoms with Gasteiger partial charge in [0, 0.05) is 6.20 Å². The zero-order valence-electron chi connectivity index (χ0n) is 10.6. The maximum atomic E-state index is 12.3. The average molecular weight is 288 g/mol. The Kier molecular flexibility index (Phi) is 3.56. The quantitative estimate of drug-likeness (QED) is 0.797. The SMILES string of the molecule is Cc1nn2ccccc2c1OC(=O)OC(C)C(F)(F)F. The summed E-state index contributed by atoms with van der Waals surface area (Å²) in [6, 6.07) is 5.02. The first kappa shape index (κ1) is 14.2. The summed E-state index contributed by atoms with van der Waals surface area (Å²) in [5.74, 6) is 0.0741. The van der Waals surface area contributed by atoms with Gasteiger partial charge in [-0.15, -0.1) is 0 Å². The molecule has 0 aromatic carbocycles. The Balaban J connectivity index is 2.16. The second-order valence-corrected chi connectivity index (χ2v) is 4.10. The van der Waals surface area contributed by atoms with E-state index in [0.717, 1.165) is 6.92 Å². The first-order valence-electron chi connectivity index (χ1n) is 5.68. The predicted molar refractivity (Wildman–Crippen MR) is 62.6 cm³/mol. The zero-order chi connectivity index (χ0) is 14.9. The van der Waals surface area contributed by atoms with E-state index in [-0.39, 0.29) is 5.75 Å². The fourth-order valence-electron chi connectivity index (χ4n) is 1.54. The summed E-state index contributed by atoms with van der Waals surface area (Å²) in [4.78, 5) is 11.4. The highest BCUT2D eigenvalue weighted by molar-refractivity contribution is 5.71. The molecule has 0 N–H and O–H groups in total. The Bertz CT molecular complexity index is 636. The van der Waals surface area contributed by atoms with Crippen molar-refractivity contribution in [2.24, 2.45) is 0 Å². The van der Waals surface area contributed by atoms with Gasteiger partial charge in [-0.3, -0.25) is 0 Å². The Hall–Kier alpha value is -2.25. The minimum absolute atomic E-state index is 0.0741. The van der Waals surface area contributed by atoms with E-state index in [0.29, 0.717) is 11.2 Å². The molecule has 0 aliphatic carbocycles. The summed E-state index contributed by atoms with van der Waals surface area (Å²) < 4.78 is 47.3. The molecule has 0 saturated heterocycles. The van der Waals surface area contributed by atoms with Gasteiger partial charge in [-0.05, 0) is 26.0 Å². The van der Waals surface area contributed by atoms with Crippen LogP contribution in [0, 0.1) is 6.92 Å². The number of hydrogen-bond acceptors (Lipinski definition) is 4. The number of nitrogens with zero attached hydrogens (tertiary/aromatic N) is 2. The number of aromatic nitrogens is 2. The van der Waals surface area contributed by atoms with Crippen molar-refractivity contribution in [3.63, 3.8) is 0 Å². The van der Waals surface area contributed by atoms with E-state index in [9.17, 15) is 18.0 Å². The topological polar surface area (TPSA) is 52.8 Å². The molecule has 0 fully saturated rings. The lowest BCUT2D eigenvalue weighted by molar-refractivity contribution is -0.200. The second kappa shape index (κ2) is 5.03. The molecular weight excluding hydrogens is 277 g/mol. The van der Waals surface area contributed by atoms with Crippen molar-refractivity contribution < 1.29 is 27.4 Å². The van der Waals surface area contributed by atoms with Crippen LogP contribution in [0.25, 0.3) is 5.52 Å². The Morgan fingerprint density at radius 1 is 1.40 bits per heavy atom. The van der Waals surface area contributed by atoms with Crippen molar-refractivity contribution in [2.45, 2.75) is 26.1 Å². The third-order valence-electron chi connectivity index (χ3n) is 2.58. The molecule has 0 saturated carbocycles. The number of pyridine rings is 1. The van der Waals surface area contributed by atoms with E-state index < -0.39 is 18.4 Å². The Morgan fingerprint density at radius 3 is 2.75 bits per heavy atom. The average Bonchev–Trinajstić information content (AvgIpc) is 2.65. The number of hydrogen-bond donors (Lipinski definition) is 0. The van der Waals surface area contributed by atoms with E-state index in [2.05, 4.69) is 9.84 Å². The van der Waals surface area contributed by atoms with Crippen LogP contribution in [0.15, 0.2) is 24.4 Å². The molecule has 1 atom stereocenters. The van der Waals surface area contributed by atoms with Crippen molar-refractivity contribution in [1.29, 1.82) is 0 Å². The number of alkyl halides is 3. The van der Waals surface area contributed by atoms with Gasteiger partial charge in [-0.1, -0.05) is 6.07 Å². The van der Waals surface area contributed by atoms with Crippen molar-refractivity contribution >= 4 is 11.7 Å². The fraction of sp³-hybridized carbons (Fsp3) is 0.333. The van der Waals surface area contributed by atoms with Crippen molar-refractivity contribution in [3.05, 3.63) is 30.1 Å². The number of aryl methyl sites for hydroxylation is 1. The highest BCUT2D eigenvalue weighted by Gasteiger charge is 2.39. The summed E-state index contributed by atoms with van der Waals surface area (Å²) in [6.45, 7) is 2.30. The highest BCUT2D eigenvalue weighted by atomic mass is 19.4. The molecule has 2 aromatic heterocycles. The molecule has 0 aliphatic rings. The zero-order valence-corrected chi connectivity index (χ0v) is 10.6. The maximum absolute atomic E-state index is 12.3. The van der Waals surface area contributed by atoms with Crippen LogP contribution in [0.3, 0.4) is 0 Å². The predicted octanol–water partition coefficient (Wildman–Crippen LogP) is 3.11. The molecule has 2 heterocycles. The standard InChI is InChI=1S/C12H11F3N2O3/c1-7-10(9-5-3-4-6-17(9)16-7)20-11(18)19-8(2)12(13,14)15/h3-6,8H,1-2H3. The van der Waals surface area contributed by atoms with E-state index in [1.807, 2.05) is 0 Å². The molecule has 5 nitrogen and oxygen atoms in total. The molecule has 2 rings (SSSR count). The molecule has 0 radical (unpaired) electrons. The Labute approximate surface area is 111 Å². The maximum Gasteiger partial charge on any atom is 0.514 e. The van der Waals surface area contributed by atoms with Crippen LogP contribution >= 0.6 is 0 Å². The van der Waals surface area contributed by atoms with Gasteiger partial charge in [0.15, 0.2) is 11.9 Å². The van der Waals surface area contributed by atoms with Crippen LogP contribution in [0.2, 0.25) is 0 Å². The van der Waals surface area contributed by atoms with E-state index >= 15 is 0 Å². The van der Waals surface area contributed by atoms with Gasteiger partial charge in [0.25, 0.3) is 0 Å². The summed E-state index contributed by atoms with van der Waals surface area (Å²) in [6.07, 6.45) is -6.66.